The Labute approximate surface area is 220 Å². The van der Waals surface area contributed by atoms with Gasteiger partial charge in [0.2, 0.25) is 11.8 Å². The fourth-order valence-corrected chi connectivity index (χ4v) is 6.36. The molecule has 3 amide bonds. The molecule has 0 saturated carbocycles. The van der Waals surface area contributed by atoms with Gasteiger partial charge < -0.3 is 0 Å². The number of benzene rings is 2. The number of hydrogen-bond donors (Lipinski definition) is 2. The third-order valence-corrected chi connectivity index (χ3v) is 8.53. The molecule has 1 aliphatic heterocycles. The summed E-state index contributed by atoms with van der Waals surface area (Å²) in [5.41, 5.74) is 7.83. The summed E-state index contributed by atoms with van der Waals surface area (Å²) in [6.45, 7) is 2.35. The highest BCUT2D eigenvalue weighted by Crippen LogP contribution is 2.33. The maximum atomic E-state index is 12.7. The number of thiazole rings is 1. The lowest BCUT2D eigenvalue weighted by Crippen LogP contribution is -2.42. The number of thiocarbonyl (C=S) groups is 1. The Bertz CT molecular complexity index is 1270. The van der Waals surface area contributed by atoms with E-state index in [0.717, 1.165) is 25.7 Å². The van der Waals surface area contributed by atoms with Crippen LogP contribution in [0, 0.1) is 6.92 Å². The number of aryl methyl sites for hydroxylation is 1. The van der Waals surface area contributed by atoms with Crippen molar-refractivity contribution in [1.29, 1.82) is 0 Å². The van der Waals surface area contributed by atoms with Crippen LogP contribution in [0.3, 0.4) is 0 Å². The van der Waals surface area contributed by atoms with E-state index >= 15 is 0 Å². The molecule has 0 bridgehead atoms. The highest BCUT2D eigenvalue weighted by molar-refractivity contribution is 8.26. The number of thioether (sulfide) groups is 2. The number of fused-ring (bicyclic) bond motifs is 1. The Kier molecular flexibility index (Phi) is 8.55. The molecule has 2 aromatic carbocycles. The third-order valence-electron chi connectivity index (χ3n) is 4.98. The molecule has 0 aliphatic carbocycles. The van der Waals surface area contributed by atoms with Gasteiger partial charge >= 0.3 is 0 Å². The van der Waals surface area contributed by atoms with Gasteiger partial charge in [-0.05, 0) is 37.1 Å². The number of nitrogens with zero attached hydrogens (tertiary/aromatic N) is 2. The number of carbonyl (C=O) groups is 3. The van der Waals surface area contributed by atoms with E-state index in [1.54, 1.807) is 0 Å². The lowest BCUT2D eigenvalue weighted by molar-refractivity contribution is -0.128. The number of aromatic nitrogens is 1. The molecule has 1 aromatic heterocycles. The van der Waals surface area contributed by atoms with E-state index in [2.05, 4.69) is 15.8 Å². The maximum Gasteiger partial charge on any atom is 0.266 e. The standard InChI is InChI=1S/C24H22N4O3S4/c1-15-8-10-16(11-9-15)13-19-22(31)28(24(32)35-19)12-4-7-20(29)26-27-21(30)14-33-23-25-17-5-2-3-6-18(17)34-23/h2-3,5-6,8-11,13H,4,7,12,14H2,1H3,(H,26,29)(H,27,30)/b19-13-. The van der Waals surface area contributed by atoms with Crippen LogP contribution in [0.2, 0.25) is 0 Å². The molecule has 7 nitrogen and oxygen atoms in total. The molecule has 1 fully saturated rings. The average molecular weight is 543 g/mol. The predicted octanol–water partition coefficient (Wildman–Crippen LogP) is 4.53. The van der Waals surface area contributed by atoms with Gasteiger partial charge in [0, 0.05) is 13.0 Å². The molecule has 11 heteroatoms. The highest BCUT2D eigenvalue weighted by atomic mass is 32.2. The zero-order chi connectivity index (χ0) is 24.8. The fourth-order valence-electron chi connectivity index (χ4n) is 3.18. The van der Waals surface area contributed by atoms with Gasteiger partial charge in [-0.15, -0.1) is 11.3 Å². The highest BCUT2D eigenvalue weighted by Gasteiger charge is 2.31. The maximum absolute atomic E-state index is 12.7. The first-order valence-corrected chi connectivity index (χ1v) is 13.8. The molecule has 0 unspecified atom stereocenters. The molecule has 2 heterocycles. The minimum absolute atomic E-state index is 0.143. The first-order valence-electron chi connectivity index (χ1n) is 10.8. The van der Waals surface area contributed by atoms with E-state index in [4.69, 9.17) is 12.2 Å². The smallest absolute Gasteiger partial charge is 0.266 e. The molecule has 3 aromatic rings. The van der Waals surface area contributed by atoms with E-state index < -0.39 is 0 Å². The van der Waals surface area contributed by atoms with Crippen molar-refractivity contribution >= 4 is 85.4 Å². The van der Waals surface area contributed by atoms with Crippen LogP contribution in [0.15, 0.2) is 57.8 Å². The molecule has 35 heavy (non-hydrogen) atoms. The lowest BCUT2D eigenvalue weighted by Gasteiger charge is -2.14. The second-order valence-corrected chi connectivity index (χ2v) is 11.6. The molecule has 1 aliphatic rings. The van der Waals surface area contributed by atoms with Crippen LogP contribution >= 0.6 is 47.1 Å². The van der Waals surface area contributed by atoms with Gasteiger partial charge in [-0.25, -0.2) is 4.98 Å². The van der Waals surface area contributed by atoms with E-state index in [-0.39, 0.29) is 29.9 Å². The zero-order valence-electron chi connectivity index (χ0n) is 18.8. The lowest BCUT2D eigenvalue weighted by atomic mass is 10.1. The number of nitrogens with one attached hydrogen (secondary N) is 2. The molecule has 1 saturated heterocycles. The summed E-state index contributed by atoms with van der Waals surface area (Å²) in [5.74, 6) is -0.657. The average Bonchev–Trinajstić information content (AvgIpc) is 3.38. The number of para-hydroxylation sites is 1. The minimum Gasteiger partial charge on any atom is -0.293 e. The van der Waals surface area contributed by atoms with Crippen molar-refractivity contribution < 1.29 is 14.4 Å². The first-order chi connectivity index (χ1) is 16.9. The Morgan fingerprint density at radius 3 is 2.63 bits per heavy atom. The predicted molar refractivity (Wildman–Crippen MR) is 147 cm³/mol. The van der Waals surface area contributed by atoms with E-state index in [0.29, 0.717) is 22.2 Å². The zero-order valence-corrected chi connectivity index (χ0v) is 22.0. The van der Waals surface area contributed by atoms with Crippen molar-refractivity contribution in [3.05, 3.63) is 64.6 Å². The van der Waals surface area contributed by atoms with Crippen molar-refractivity contribution in [2.24, 2.45) is 0 Å². The SMILES string of the molecule is Cc1ccc(/C=C2\SC(=S)N(CCCC(=O)NNC(=O)CSc3nc4ccccc4s3)C2=O)cc1. The summed E-state index contributed by atoms with van der Waals surface area (Å²) in [7, 11) is 0. The van der Waals surface area contributed by atoms with Gasteiger partial charge in [-0.3, -0.25) is 30.1 Å². The van der Waals surface area contributed by atoms with Crippen LogP contribution in [-0.4, -0.2) is 44.2 Å². The minimum atomic E-state index is -0.330. The number of amides is 3. The van der Waals surface area contributed by atoms with Gasteiger partial charge in [-0.2, -0.15) is 0 Å². The molecule has 0 radical (unpaired) electrons. The van der Waals surface area contributed by atoms with Crippen molar-refractivity contribution in [2.45, 2.75) is 24.1 Å². The summed E-state index contributed by atoms with van der Waals surface area (Å²) < 4.78 is 2.34. The van der Waals surface area contributed by atoms with Crippen LogP contribution < -0.4 is 10.9 Å². The van der Waals surface area contributed by atoms with Crippen molar-refractivity contribution in [3.8, 4) is 0 Å². The summed E-state index contributed by atoms with van der Waals surface area (Å²) in [5, 5.41) is 0. The van der Waals surface area contributed by atoms with Crippen molar-refractivity contribution in [1.82, 2.24) is 20.7 Å². The molecular formula is C24H22N4O3S4. The van der Waals surface area contributed by atoms with Crippen molar-refractivity contribution in [2.75, 3.05) is 12.3 Å². The second-order valence-electron chi connectivity index (χ2n) is 7.68. The van der Waals surface area contributed by atoms with E-state index in [9.17, 15) is 14.4 Å². The fraction of sp³-hybridized carbons (Fsp3) is 0.208. The summed E-state index contributed by atoms with van der Waals surface area (Å²) >= 11 is 9.46. The third kappa shape index (κ3) is 6.91. The summed E-state index contributed by atoms with van der Waals surface area (Å²) in [6, 6.07) is 15.7. The quantitative estimate of drug-likeness (QED) is 0.187. The van der Waals surface area contributed by atoms with Crippen LogP contribution in [0.1, 0.15) is 24.0 Å². The van der Waals surface area contributed by atoms with Crippen LogP contribution in [0.5, 0.6) is 0 Å². The van der Waals surface area contributed by atoms with Gasteiger partial charge in [-0.1, -0.05) is 77.7 Å². The number of hydrazine groups is 1. The molecular weight excluding hydrogens is 521 g/mol. The summed E-state index contributed by atoms with van der Waals surface area (Å²) in [6.07, 6.45) is 2.40. The monoisotopic (exact) mass is 542 g/mol. The molecule has 4 rings (SSSR count). The number of carbonyl (C=O) groups excluding carboxylic acids is 3. The summed E-state index contributed by atoms with van der Waals surface area (Å²) in [4.78, 5) is 43.4. The van der Waals surface area contributed by atoms with Crippen LogP contribution in [-0.2, 0) is 14.4 Å². The Morgan fingerprint density at radius 2 is 1.86 bits per heavy atom. The molecule has 0 spiro atoms. The van der Waals surface area contributed by atoms with Gasteiger partial charge in [0.1, 0.15) is 4.32 Å². The number of hydrogen-bond acceptors (Lipinski definition) is 8. The Balaban J connectivity index is 1.17. The molecule has 0 atom stereocenters. The van der Waals surface area contributed by atoms with Crippen LogP contribution in [0.4, 0.5) is 0 Å². The van der Waals surface area contributed by atoms with E-state index in [1.807, 2.05) is 61.5 Å². The Morgan fingerprint density at radius 1 is 1.11 bits per heavy atom. The van der Waals surface area contributed by atoms with Gasteiger partial charge in [0.25, 0.3) is 5.91 Å². The topological polar surface area (TPSA) is 91.4 Å². The first kappa shape index (κ1) is 25.4. The normalized spacial score (nSPS) is 14.7. The second kappa shape index (κ2) is 11.8. The van der Waals surface area contributed by atoms with Gasteiger partial charge in [0.05, 0.1) is 20.9 Å². The van der Waals surface area contributed by atoms with Gasteiger partial charge in [0.15, 0.2) is 4.34 Å². The Hall–Kier alpha value is -2.73. The van der Waals surface area contributed by atoms with Crippen molar-refractivity contribution in [3.63, 3.8) is 0 Å². The largest absolute Gasteiger partial charge is 0.293 e. The molecule has 2 N–H and O–H groups in total. The molecule has 180 valence electrons. The van der Waals surface area contributed by atoms with E-state index in [1.165, 1.54) is 39.8 Å². The number of rotatable bonds is 8. The van der Waals surface area contributed by atoms with Crippen LogP contribution in [0.25, 0.3) is 16.3 Å².